The summed E-state index contributed by atoms with van der Waals surface area (Å²) in [5.74, 6) is 1.17. The second kappa shape index (κ2) is 19.8. The van der Waals surface area contributed by atoms with Gasteiger partial charge in [0.25, 0.3) is 5.91 Å². The molecule has 2 heterocycles. The lowest BCUT2D eigenvalue weighted by atomic mass is 9.79. The number of nitrogens with zero attached hydrogens (tertiary/aromatic N) is 2. The monoisotopic (exact) mass is 758 g/mol. The average molecular weight is 759 g/mol. The van der Waals surface area contributed by atoms with Crippen LogP contribution in [0.15, 0.2) is 36.4 Å². The van der Waals surface area contributed by atoms with Crippen LogP contribution in [-0.4, -0.2) is 115 Å². The van der Waals surface area contributed by atoms with Crippen molar-refractivity contribution in [3.05, 3.63) is 53.1 Å². The fraction of sp³-hybridized carbons (Fsp3) is 0.605. The molecule has 0 aliphatic carbocycles. The van der Waals surface area contributed by atoms with Crippen LogP contribution in [-0.2, 0) is 46.8 Å². The summed E-state index contributed by atoms with van der Waals surface area (Å²) in [6.07, 6.45) is 0.856. The van der Waals surface area contributed by atoms with Crippen LogP contribution in [0.5, 0.6) is 11.5 Å². The predicted octanol–water partition coefficient (Wildman–Crippen LogP) is 5.26. The molecule has 4 rings (SSSR count). The minimum absolute atomic E-state index is 0.0255. The molecular formula is C38H54N2O10SSi. The van der Waals surface area contributed by atoms with Crippen molar-refractivity contribution in [2.75, 3.05) is 71.8 Å². The molecule has 0 aromatic heterocycles. The first-order valence-electron chi connectivity index (χ1n) is 17.8. The summed E-state index contributed by atoms with van der Waals surface area (Å²) in [4.78, 5) is 30.3. The molecule has 2 aliphatic heterocycles. The largest absolute Gasteiger partial charge is 0.493 e. The third-order valence-electron chi connectivity index (χ3n) is 8.68. The molecule has 2 aromatic carbocycles. The number of ether oxygens (including phenoxy) is 6. The maximum atomic E-state index is 13.3. The van der Waals surface area contributed by atoms with Gasteiger partial charge in [0.2, 0.25) is 9.76 Å². The van der Waals surface area contributed by atoms with Gasteiger partial charge in [0.1, 0.15) is 28.8 Å². The zero-order valence-electron chi connectivity index (χ0n) is 31.4. The van der Waals surface area contributed by atoms with Crippen LogP contribution in [0.3, 0.4) is 0 Å². The summed E-state index contributed by atoms with van der Waals surface area (Å²) in [7, 11) is 3.54. The van der Waals surface area contributed by atoms with Gasteiger partial charge in [0.15, 0.2) is 6.61 Å². The molecule has 1 N–H and O–H groups in total. The van der Waals surface area contributed by atoms with E-state index in [9.17, 15) is 14.7 Å². The lowest BCUT2D eigenvalue weighted by Gasteiger charge is -2.45. The fourth-order valence-electron chi connectivity index (χ4n) is 6.11. The number of fused-ring (bicyclic) bond motifs is 1. The Bertz CT molecular complexity index is 1500. The standard InChI is InChI=1S/C38H54N2O10SSi/c1-27(51)26-52-49-20-13-29-22-30(46-19-8-18-45-6)10-11-31(29)38(43)14-16-39(36(42)50-37(2,3)4)23-34(38)48-24-28-9-12-33-32(21-28)40(15-7-17-44-5)35(41)25-47-33/h9-12,21-22,34,43H,7-8,13-20,23-26H2,1-6H3/t34-,38-/m0/s1. The van der Waals surface area contributed by atoms with Gasteiger partial charge in [-0.1, -0.05) is 24.4 Å². The first-order chi connectivity index (χ1) is 24.8. The average Bonchev–Trinajstić information content (AvgIpc) is 3.09. The topological polar surface area (TPSA) is 125 Å². The van der Waals surface area contributed by atoms with Gasteiger partial charge in [-0.15, -0.1) is 0 Å². The SMILES string of the molecule is COCCCOc1ccc([C@@]2(O)CCN(C(=O)OC(C)(C)C)C[C@@H]2OCc2ccc3c(c2)N(CCCOC)C(=O)CO3)c(CCO[Si]CC(C)=S)c1. The van der Waals surface area contributed by atoms with Crippen molar-refractivity contribution >= 4 is 44.5 Å². The third kappa shape index (κ3) is 12.0. The number of methoxy groups -OCH3 is 2. The lowest BCUT2D eigenvalue weighted by Crippen LogP contribution is -2.57. The van der Waals surface area contributed by atoms with Gasteiger partial charge >= 0.3 is 6.09 Å². The zero-order valence-corrected chi connectivity index (χ0v) is 33.2. The van der Waals surface area contributed by atoms with E-state index in [1.54, 1.807) is 24.0 Å². The van der Waals surface area contributed by atoms with Crippen molar-refractivity contribution < 1.29 is 47.5 Å². The lowest BCUT2D eigenvalue weighted by molar-refractivity contribution is -0.155. The Hall–Kier alpha value is -3.11. The number of amides is 2. The highest BCUT2D eigenvalue weighted by Gasteiger charge is 2.47. The number of aliphatic hydroxyl groups is 1. The van der Waals surface area contributed by atoms with Gasteiger partial charge in [0.05, 0.1) is 25.4 Å². The fourth-order valence-corrected chi connectivity index (χ4v) is 6.84. The highest BCUT2D eigenvalue weighted by atomic mass is 32.1. The number of benzene rings is 2. The van der Waals surface area contributed by atoms with Gasteiger partial charge in [-0.3, -0.25) is 4.79 Å². The van der Waals surface area contributed by atoms with Crippen molar-refractivity contribution in [3.8, 4) is 11.5 Å². The van der Waals surface area contributed by atoms with Crippen LogP contribution in [0.1, 0.15) is 63.6 Å². The Morgan fingerprint density at radius 3 is 2.58 bits per heavy atom. The van der Waals surface area contributed by atoms with Gasteiger partial charge in [0, 0.05) is 60.0 Å². The maximum Gasteiger partial charge on any atom is 0.410 e. The number of anilines is 1. The Labute approximate surface area is 315 Å². The molecule has 12 nitrogen and oxygen atoms in total. The molecule has 0 saturated carbocycles. The van der Waals surface area contributed by atoms with E-state index < -0.39 is 23.4 Å². The summed E-state index contributed by atoms with van der Waals surface area (Å²) in [6, 6.07) is 12.0. The molecule has 0 unspecified atom stereocenters. The van der Waals surface area contributed by atoms with Gasteiger partial charge in [-0.25, -0.2) is 4.79 Å². The number of thiocarbonyl (C=S) groups is 1. The van der Waals surface area contributed by atoms with Crippen molar-refractivity contribution in [1.82, 2.24) is 4.90 Å². The van der Waals surface area contributed by atoms with Gasteiger partial charge in [-0.2, -0.15) is 0 Å². The van der Waals surface area contributed by atoms with Crippen LogP contribution in [0.25, 0.3) is 0 Å². The van der Waals surface area contributed by atoms with Crippen molar-refractivity contribution in [3.63, 3.8) is 0 Å². The first-order valence-corrected chi connectivity index (χ1v) is 19.3. The number of piperidine rings is 1. The second-order valence-corrected chi connectivity index (χ2v) is 15.6. The molecule has 2 amide bonds. The molecular weight excluding hydrogens is 705 g/mol. The van der Waals surface area contributed by atoms with Crippen LogP contribution < -0.4 is 14.4 Å². The molecule has 2 aromatic rings. The van der Waals surface area contributed by atoms with E-state index >= 15 is 0 Å². The minimum atomic E-state index is -1.46. The Morgan fingerprint density at radius 2 is 1.85 bits per heavy atom. The maximum absolute atomic E-state index is 13.3. The number of rotatable bonds is 19. The summed E-state index contributed by atoms with van der Waals surface area (Å²) >= 11 is 5.22. The van der Waals surface area contributed by atoms with Crippen molar-refractivity contribution in [2.24, 2.45) is 0 Å². The van der Waals surface area contributed by atoms with Gasteiger partial charge in [-0.05, 0) is 92.4 Å². The number of likely N-dealkylation sites (tertiary alicyclic amines) is 1. The zero-order chi connectivity index (χ0) is 37.7. The van der Waals surface area contributed by atoms with E-state index in [-0.39, 0.29) is 48.4 Å². The molecule has 0 spiro atoms. The van der Waals surface area contributed by atoms with Gasteiger partial charge < -0.3 is 47.8 Å². The summed E-state index contributed by atoms with van der Waals surface area (Å²) in [5.41, 5.74) is 0.857. The third-order valence-corrected chi connectivity index (χ3v) is 10.2. The van der Waals surface area contributed by atoms with Crippen LogP contribution >= 0.6 is 12.2 Å². The van der Waals surface area contributed by atoms with E-state index in [1.165, 1.54) is 0 Å². The van der Waals surface area contributed by atoms with Crippen molar-refractivity contribution in [1.29, 1.82) is 0 Å². The molecule has 1 saturated heterocycles. The van der Waals surface area contributed by atoms with E-state index in [4.69, 9.17) is 45.1 Å². The second-order valence-electron chi connectivity index (χ2n) is 14.0. The molecule has 0 bridgehead atoms. The highest BCUT2D eigenvalue weighted by Crippen LogP contribution is 2.40. The number of hydrogen-bond donors (Lipinski definition) is 1. The molecule has 2 aliphatic rings. The van der Waals surface area contributed by atoms with Crippen LogP contribution in [0.4, 0.5) is 10.5 Å². The quantitative estimate of drug-likeness (QED) is 0.115. The Kier molecular flexibility index (Phi) is 15.9. The molecule has 52 heavy (non-hydrogen) atoms. The van der Waals surface area contributed by atoms with E-state index in [0.717, 1.165) is 28.5 Å². The minimum Gasteiger partial charge on any atom is -0.493 e. The molecule has 286 valence electrons. The van der Waals surface area contributed by atoms with E-state index in [0.29, 0.717) is 68.6 Å². The highest BCUT2D eigenvalue weighted by molar-refractivity contribution is 7.80. The van der Waals surface area contributed by atoms with Crippen molar-refractivity contribution in [2.45, 2.75) is 83.3 Å². The summed E-state index contributed by atoms with van der Waals surface area (Å²) in [6.45, 7) is 10.4. The number of carbonyl (C=O) groups excluding carboxylic acids is 2. The first kappa shape index (κ1) is 41.6. The normalized spacial score (nSPS) is 18.9. The molecule has 14 heteroatoms. The predicted molar refractivity (Wildman–Crippen MR) is 203 cm³/mol. The Morgan fingerprint density at radius 1 is 1.08 bits per heavy atom. The molecule has 1 fully saturated rings. The number of hydrogen-bond acceptors (Lipinski definition) is 11. The molecule has 2 radical (unpaired) electrons. The summed E-state index contributed by atoms with van der Waals surface area (Å²) in [5, 5.41) is 12.7. The van der Waals surface area contributed by atoms with E-state index in [2.05, 4.69) is 0 Å². The van der Waals surface area contributed by atoms with Crippen LogP contribution in [0, 0.1) is 0 Å². The number of carbonyl (C=O) groups is 2. The molecule has 2 atom stereocenters. The Balaban J connectivity index is 1.63. The van der Waals surface area contributed by atoms with E-state index in [1.807, 2.05) is 64.1 Å². The smallest absolute Gasteiger partial charge is 0.410 e. The van der Waals surface area contributed by atoms with Crippen LogP contribution in [0.2, 0.25) is 6.04 Å². The summed E-state index contributed by atoms with van der Waals surface area (Å²) < 4.78 is 40.4.